The fourth-order valence-electron chi connectivity index (χ4n) is 5.32. The van der Waals surface area contributed by atoms with Gasteiger partial charge in [0.25, 0.3) is 0 Å². The van der Waals surface area contributed by atoms with E-state index in [1.54, 1.807) is 0 Å². The zero-order valence-corrected chi connectivity index (χ0v) is 24.8. The van der Waals surface area contributed by atoms with Crippen molar-refractivity contribution in [1.82, 2.24) is 0 Å². The maximum Gasteiger partial charge on any atom is 0.199 e. The Morgan fingerprint density at radius 1 is 0.525 bits per heavy atom. The van der Waals surface area contributed by atoms with Gasteiger partial charge in [0.05, 0.1) is 13.2 Å². The van der Waals surface area contributed by atoms with Crippen molar-refractivity contribution < 1.29 is 14.6 Å². The Bertz CT molecular complexity index is 946. The standard InChI is InChI=1S/C37H52O3/c1-2-3-4-5-6-7-8-9-10-11-12-13-23-30-37(36(38)35-28-21-16-22-29-35,39-31-33-24-17-14-18-25-33)40-32-34-26-19-15-20-27-34/h14-22,24-29,36,38H,2-13,23,30-32H2,1H3. The Balaban J connectivity index is 1.56. The van der Waals surface area contributed by atoms with Crippen molar-refractivity contribution in [3.63, 3.8) is 0 Å². The van der Waals surface area contributed by atoms with Crippen LogP contribution in [0.3, 0.4) is 0 Å². The molecule has 218 valence electrons. The molecule has 1 N–H and O–H groups in total. The first-order valence-corrected chi connectivity index (χ1v) is 15.8. The Hall–Kier alpha value is -2.46. The summed E-state index contributed by atoms with van der Waals surface area (Å²) in [5.41, 5.74) is 2.96. The molecule has 3 aromatic carbocycles. The first-order chi connectivity index (χ1) is 19.7. The van der Waals surface area contributed by atoms with E-state index in [9.17, 15) is 5.11 Å². The van der Waals surface area contributed by atoms with E-state index in [1.807, 2.05) is 66.7 Å². The minimum Gasteiger partial charge on any atom is -0.383 e. The predicted octanol–water partition coefficient (Wildman–Crippen LogP) is 10.3. The number of aliphatic hydroxyl groups excluding tert-OH is 1. The molecule has 0 amide bonds. The lowest BCUT2D eigenvalue weighted by Gasteiger charge is -2.38. The van der Waals surface area contributed by atoms with Crippen molar-refractivity contribution >= 4 is 0 Å². The van der Waals surface area contributed by atoms with Gasteiger partial charge in [-0.25, -0.2) is 0 Å². The van der Waals surface area contributed by atoms with Crippen molar-refractivity contribution in [2.45, 2.75) is 122 Å². The molecular weight excluding hydrogens is 492 g/mol. The summed E-state index contributed by atoms with van der Waals surface area (Å²) in [4.78, 5) is 0. The molecule has 0 bridgehead atoms. The minimum absolute atomic E-state index is 0.387. The number of hydrogen-bond donors (Lipinski definition) is 1. The summed E-state index contributed by atoms with van der Waals surface area (Å²) < 4.78 is 13.2. The average Bonchev–Trinajstić information content (AvgIpc) is 3.01. The summed E-state index contributed by atoms with van der Waals surface area (Å²) in [5.74, 6) is -1.13. The van der Waals surface area contributed by atoms with Gasteiger partial charge in [0, 0.05) is 6.42 Å². The van der Waals surface area contributed by atoms with Gasteiger partial charge < -0.3 is 14.6 Å². The molecular formula is C37H52O3. The molecule has 3 aromatic rings. The molecule has 0 aromatic heterocycles. The Kier molecular flexibility index (Phi) is 15.7. The summed E-state index contributed by atoms with van der Waals surface area (Å²) in [6.07, 6.45) is 16.7. The number of rotatable bonds is 22. The van der Waals surface area contributed by atoms with Crippen LogP contribution < -0.4 is 0 Å². The van der Waals surface area contributed by atoms with E-state index >= 15 is 0 Å². The van der Waals surface area contributed by atoms with Gasteiger partial charge in [-0.3, -0.25) is 0 Å². The predicted molar refractivity (Wildman–Crippen MR) is 167 cm³/mol. The summed E-state index contributed by atoms with van der Waals surface area (Å²) >= 11 is 0. The summed E-state index contributed by atoms with van der Waals surface area (Å²) in [6.45, 7) is 3.05. The molecule has 1 atom stereocenters. The van der Waals surface area contributed by atoms with Gasteiger partial charge in [-0.1, -0.05) is 175 Å². The fraction of sp³-hybridized carbons (Fsp3) is 0.514. The van der Waals surface area contributed by atoms with Crippen LogP contribution in [-0.4, -0.2) is 10.9 Å². The smallest absolute Gasteiger partial charge is 0.199 e. The van der Waals surface area contributed by atoms with Crippen molar-refractivity contribution in [2.24, 2.45) is 0 Å². The molecule has 0 heterocycles. The molecule has 0 radical (unpaired) electrons. The quantitative estimate of drug-likeness (QED) is 0.101. The normalized spacial score (nSPS) is 12.4. The number of hydrogen-bond acceptors (Lipinski definition) is 3. The summed E-state index contributed by atoms with van der Waals surface area (Å²) in [5, 5.41) is 11.7. The second kappa shape index (κ2) is 19.6. The van der Waals surface area contributed by atoms with E-state index in [4.69, 9.17) is 9.47 Å². The van der Waals surface area contributed by atoms with E-state index < -0.39 is 11.9 Å². The monoisotopic (exact) mass is 544 g/mol. The Morgan fingerprint density at radius 2 is 0.900 bits per heavy atom. The zero-order chi connectivity index (χ0) is 28.1. The lowest BCUT2D eigenvalue weighted by Crippen LogP contribution is -2.42. The molecule has 3 rings (SSSR count). The molecule has 3 nitrogen and oxygen atoms in total. The molecule has 0 aliphatic heterocycles. The third-order valence-corrected chi connectivity index (χ3v) is 7.81. The first kappa shape index (κ1) is 32.1. The van der Waals surface area contributed by atoms with Gasteiger partial charge >= 0.3 is 0 Å². The second-order valence-electron chi connectivity index (χ2n) is 11.2. The molecule has 0 aliphatic rings. The van der Waals surface area contributed by atoms with E-state index in [1.165, 1.54) is 70.6 Å². The fourth-order valence-corrected chi connectivity index (χ4v) is 5.32. The van der Waals surface area contributed by atoms with Crippen molar-refractivity contribution in [3.8, 4) is 0 Å². The molecule has 3 heteroatoms. The lowest BCUT2D eigenvalue weighted by atomic mass is 9.94. The maximum atomic E-state index is 11.7. The van der Waals surface area contributed by atoms with E-state index in [0.717, 1.165) is 29.5 Å². The van der Waals surface area contributed by atoms with Crippen LogP contribution in [0.5, 0.6) is 0 Å². The van der Waals surface area contributed by atoms with Gasteiger partial charge in [0.15, 0.2) is 5.79 Å². The van der Waals surface area contributed by atoms with Gasteiger partial charge in [-0.15, -0.1) is 0 Å². The minimum atomic E-state index is -1.13. The Labute approximate surface area is 244 Å². The molecule has 1 unspecified atom stereocenters. The number of aliphatic hydroxyl groups is 1. The van der Waals surface area contributed by atoms with Crippen molar-refractivity contribution in [2.75, 3.05) is 0 Å². The molecule has 40 heavy (non-hydrogen) atoms. The highest BCUT2D eigenvalue weighted by Gasteiger charge is 2.41. The van der Waals surface area contributed by atoms with E-state index in [2.05, 4.69) is 31.2 Å². The second-order valence-corrected chi connectivity index (χ2v) is 11.2. The first-order valence-electron chi connectivity index (χ1n) is 15.8. The maximum absolute atomic E-state index is 11.7. The van der Waals surface area contributed by atoms with Crippen LogP contribution >= 0.6 is 0 Å². The van der Waals surface area contributed by atoms with Crippen molar-refractivity contribution in [1.29, 1.82) is 0 Å². The highest BCUT2D eigenvalue weighted by Crippen LogP contribution is 2.37. The van der Waals surface area contributed by atoms with Crippen LogP contribution in [0.25, 0.3) is 0 Å². The lowest BCUT2D eigenvalue weighted by molar-refractivity contribution is -0.301. The van der Waals surface area contributed by atoms with Gasteiger partial charge in [-0.2, -0.15) is 0 Å². The highest BCUT2D eigenvalue weighted by molar-refractivity contribution is 5.20. The van der Waals surface area contributed by atoms with E-state index in [-0.39, 0.29) is 0 Å². The summed E-state index contributed by atoms with van der Waals surface area (Å²) in [7, 11) is 0. The van der Waals surface area contributed by atoms with E-state index in [0.29, 0.717) is 19.6 Å². The highest BCUT2D eigenvalue weighted by atomic mass is 16.7. The molecule has 0 spiro atoms. The zero-order valence-electron chi connectivity index (χ0n) is 24.8. The van der Waals surface area contributed by atoms with Crippen molar-refractivity contribution in [3.05, 3.63) is 108 Å². The Morgan fingerprint density at radius 3 is 1.32 bits per heavy atom. The van der Waals surface area contributed by atoms with Crippen LogP contribution in [0.15, 0.2) is 91.0 Å². The van der Waals surface area contributed by atoms with Crippen LogP contribution in [0.4, 0.5) is 0 Å². The number of unbranched alkanes of at least 4 members (excludes halogenated alkanes) is 12. The van der Waals surface area contributed by atoms with Crippen LogP contribution in [0, 0.1) is 0 Å². The van der Waals surface area contributed by atoms with Gasteiger partial charge in [0.2, 0.25) is 0 Å². The molecule has 0 aliphatic carbocycles. The van der Waals surface area contributed by atoms with Gasteiger partial charge in [0.1, 0.15) is 6.10 Å². The number of ether oxygens (including phenoxy) is 2. The van der Waals surface area contributed by atoms with Gasteiger partial charge in [-0.05, 0) is 23.1 Å². The molecule has 0 saturated heterocycles. The number of benzene rings is 3. The SMILES string of the molecule is CCCCCCCCCCCCCCCC(OCc1ccccc1)(OCc1ccccc1)C(O)c1ccccc1. The topological polar surface area (TPSA) is 38.7 Å². The summed E-state index contributed by atoms with van der Waals surface area (Å²) in [6, 6.07) is 30.1. The third-order valence-electron chi connectivity index (χ3n) is 7.81. The molecule has 0 saturated carbocycles. The van der Waals surface area contributed by atoms with Crippen LogP contribution in [-0.2, 0) is 22.7 Å². The largest absolute Gasteiger partial charge is 0.383 e. The van der Waals surface area contributed by atoms with Crippen LogP contribution in [0.1, 0.15) is 120 Å². The molecule has 0 fully saturated rings. The average molecular weight is 545 g/mol. The van der Waals surface area contributed by atoms with Crippen LogP contribution in [0.2, 0.25) is 0 Å². The third kappa shape index (κ3) is 12.0.